The van der Waals surface area contributed by atoms with Gasteiger partial charge in [0.1, 0.15) is 12.4 Å². The van der Waals surface area contributed by atoms with Crippen LogP contribution in [-0.4, -0.2) is 25.6 Å². The first kappa shape index (κ1) is 12.2. The molecule has 5 heteroatoms. The summed E-state index contributed by atoms with van der Waals surface area (Å²) >= 11 is 0. The van der Waals surface area contributed by atoms with Crippen LogP contribution in [0.2, 0.25) is 0 Å². The lowest BCUT2D eigenvalue weighted by Gasteiger charge is -2.27. The van der Waals surface area contributed by atoms with Crippen LogP contribution in [0.1, 0.15) is 11.6 Å². The third kappa shape index (κ3) is 2.23. The highest BCUT2D eigenvalue weighted by atomic mass is 35.5. The van der Waals surface area contributed by atoms with E-state index in [4.69, 9.17) is 4.74 Å². The number of carbonyl (C=O) groups excluding carboxylic acids is 1. The molecule has 4 nitrogen and oxygen atoms in total. The predicted octanol–water partition coefficient (Wildman–Crippen LogP) is 0.877. The molecule has 2 aliphatic heterocycles. The summed E-state index contributed by atoms with van der Waals surface area (Å²) < 4.78 is 5.51. The van der Waals surface area contributed by atoms with Gasteiger partial charge in [0, 0.05) is 18.7 Å². The minimum absolute atomic E-state index is 0. The number of carbonyl (C=O) groups is 1. The Morgan fingerprint density at radius 2 is 2.12 bits per heavy atom. The summed E-state index contributed by atoms with van der Waals surface area (Å²) in [6, 6.07) is 7.87. The van der Waals surface area contributed by atoms with E-state index in [1.54, 1.807) is 0 Å². The monoisotopic (exact) mass is 254 g/mol. The second-order valence-electron chi connectivity index (χ2n) is 4.27. The van der Waals surface area contributed by atoms with Crippen molar-refractivity contribution < 1.29 is 9.53 Å². The van der Waals surface area contributed by atoms with Crippen molar-refractivity contribution in [3.63, 3.8) is 0 Å². The lowest BCUT2D eigenvalue weighted by atomic mass is 10.0. The van der Waals surface area contributed by atoms with E-state index in [1.807, 2.05) is 24.3 Å². The highest BCUT2D eigenvalue weighted by Crippen LogP contribution is 2.31. The predicted molar refractivity (Wildman–Crippen MR) is 66.4 cm³/mol. The van der Waals surface area contributed by atoms with Gasteiger partial charge in [-0.15, -0.1) is 12.4 Å². The number of nitrogens with one attached hydrogen (secondary N) is 2. The molecule has 92 valence electrons. The Bertz CT molecular complexity index is 421. The topological polar surface area (TPSA) is 50.4 Å². The van der Waals surface area contributed by atoms with Crippen LogP contribution in [-0.2, 0) is 4.79 Å². The Balaban J connectivity index is 0.00000108. The molecule has 0 aromatic heterocycles. The molecule has 1 fully saturated rings. The Morgan fingerprint density at radius 1 is 1.35 bits per heavy atom. The van der Waals surface area contributed by atoms with Gasteiger partial charge >= 0.3 is 0 Å². The molecule has 0 bridgehead atoms. The zero-order valence-corrected chi connectivity index (χ0v) is 10.1. The summed E-state index contributed by atoms with van der Waals surface area (Å²) in [6.07, 6.45) is 0. The fraction of sp³-hybridized carbons (Fsp3) is 0.417. The fourth-order valence-electron chi connectivity index (χ4n) is 2.05. The van der Waals surface area contributed by atoms with Crippen molar-refractivity contribution in [2.45, 2.75) is 6.04 Å². The van der Waals surface area contributed by atoms with Crippen molar-refractivity contribution in [1.82, 2.24) is 10.6 Å². The van der Waals surface area contributed by atoms with Crippen LogP contribution in [0.3, 0.4) is 0 Å². The SMILES string of the molecule is Cl.O=C(NC1COc2ccccc21)C1CNC1. The Hall–Kier alpha value is -1.26. The summed E-state index contributed by atoms with van der Waals surface area (Å²) in [5, 5.41) is 6.13. The fourth-order valence-corrected chi connectivity index (χ4v) is 2.05. The number of para-hydroxylation sites is 1. The maximum absolute atomic E-state index is 11.8. The molecule has 2 N–H and O–H groups in total. The summed E-state index contributed by atoms with van der Waals surface area (Å²) in [6.45, 7) is 2.13. The second kappa shape index (κ2) is 4.94. The average molecular weight is 255 g/mol. The molecule has 0 spiro atoms. The van der Waals surface area contributed by atoms with Crippen molar-refractivity contribution >= 4 is 18.3 Å². The van der Waals surface area contributed by atoms with E-state index < -0.39 is 0 Å². The molecular weight excluding hydrogens is 240 g/mol. The quantitative estimate of drug-likeness (QED) is 0.824. The van der Waals surface area contributed by atoms with Crippen LogP contribution < -0.4 is 15.4 Å². The highest BCUT2D eigenvalue weighted by molar-refractivity contribution is 5.85. The van der Waals surface area contributed by atoms with Gasteiger partial charge in [-0.05, 0) is 6.07 Å². The number of halogens is 1. The number of benzene rings is 1. The van der Waals surface area contributed by atoms with Gasteiger partial charge in [0.15, 0.2) is 0 Å². The Morgan fingerprint density at radius 3 is 2.82 bits per heavy atom. The zero-order valence-electron chi connectivity index (χ0n) is 9.31. The van der Waals surface area contributed by atoms with Gasteiger partial charge in [-0.3, -0.25) is 4.79 Å². The van der Waals surface area contributed by atoms with Crippen LogP contribution in [0.25, 0.3) is 0 Å². The number of hydrogen-bond acceptors (Lipinski definition) is 3. The summed E-state index contributed by atoms with van der Waals surface area (Å²) in [5.74, 6) is 1.15. The molecular formula is C12H15ClN2O2. The molecule has 2 aliphatic rings. The first-order chi connectivity index (χ1) is 7.84. The molecule has 0 aliphatic carbocycles. The van der Waals surface area contributed by atoms with E-state index >= 15 is 0 Å². The van der Waals surface area contributed by atoms with E-state index in [9.17, 15) is 4.79 Å². The van der Waals surface area contributed by atoms with Crippen LogP contribution >= 0.6 is 12.4 Å². The Kier molecular flexibility index (Phi) is 3.54. The number of fused-ring (bicyclic) bond motifs is 1. The third-order valence-electron chi connectivity index (χ3n) is 3.17. The van der Waals surface area contributed by atoms with Gasteiger partial charge in [0.2, 0.25) is 5.91 Å². The van der Waals surface area contributed by atoms with Gasteiger partial charge < -0.3 is 15.4 Å². The number of amides is 1. The molecule has 2 heterocycles. The van der Waals surface area contributed by atoms with Gasteiger partial charge in [-0.2, -0.15) is 0 Å². The molecule has 0 saturated carbocycles. The van der Waals surface area contributed by atoms with Crippen LogP contribution in [0.15, 0.2) is 24.3 Å². The standard InChI is InChI=1S/C12H14N2O2.ClH/c15-12(8-5-13-6-8)14-10-7-16-11-4-2-1-3-9(10)11;/h1-4,8,10,13H,5-7H2,(H,14,15);1H. The lowest BCUT2D eigenvalue weighted by molar-refractivity contribution is -0.127. The van der Waals surface area contributed by atoms with E-state index in [-0.39, 0.29) is 30.3 Å². The van der Waals surface area contributed by atoms with Crippen LogP contribution in [0, 0.1) is 5.92 Å². The molecule has 17 heavy (non-hydrogen) atoms. The number of ether oxygens (including phenoxy) is 1. The first-order valence-electron chi connectivity index (χ1n) is 5.57. The van der Waals surface area contributed by atoms with E-state index in [0.717, 1.165) is 24.4 Å². The molecule has 1 atom stereocenters. The molecule has 3 rings (SSSR count). The van der Waals surface area contributed by atoms with E-state index in [1.165, 1.54) is 0 Å². The Labute approximate surface area is 106 Å². The van der Waals surface area contributed by atoms with Crippen LogP contribution in [0.4, 0.5) is 0 Å². The number of rotatable bonds is 2. The smallest absolute Gasteiger partial charge is 0.226 e. The van der Waals surface area contributed by atoms with Crippen molar-refractivity contribution in [2.75, 3.05) is 19.7 Å². The van der Waals surface area contributed by atoms with E-state index in [2.05, 4.69) is 10.6 Å². The van der Waals surface area contributed by atoms with Crippen molar-refractivity contribution in [2.24, 2.45) is 5.92 Å². The molecule has 0 radical (unpaired) electrons. The van der Waals surface area contributed by atoms with Gasteiger partial charge in [0.25, 0.3) is 0 Å². The molecule has 1 aromatic rings. The zero-order chi connectivity index (χ0) is 11.0. The van der Waals surface area contributed by atoms with Crippen LogP contribution in [0.5, 0.6) is 5.75 Å². The molecule has 1 unspecified atom stereocenters. The third-order valence-corrected chi connectivity index (χ3v) is 3.17. The summed E-state index contributed by atoms with van der Waals surface area (Å²) in [5.41, 5.74) is 1.09. The molecule has 1 amide bonds. The first-order valence-corrected chi connectivity index (χ1v) is 5.57. The maximum Gasteiger partial charge on any atom is 0.226 e. The molecule has 1 aromatic carbocycles. The van der Waals surface area contributed by atoms with Gasteiger partial charge in [0.05, 0.1) is 12.0 Å². The largest absolute Gasteiger partial charge is 0.491 e. The minimum atomic E-state index is 0. The van der Waals surface area contributed by atoms with Gasteiger partial charge in [-0.1, -0.05) is 18.2 Å². The van der Waals surface area contributed by atoms with Crippen molar-refractivity contribution in [3.8, 4) is 5.75 Å². The average Bonchev–Trinajstić information content (AvgIpc) is 2.59. The van der Waals surface area contributed by atoms with Gasteiger partial charge in [-0.25, -0.2) is 0 Å². The van der Waals surface area contributed by atoms with E-state index in [0.29, 0.717) is 6.61 Å². The maximum atomic E-state index is 11.8. The number of hydrogen-bond donors (Lipinski definition) is 2. The minimum Gasteiger partial charge on any atom is -0.491 e. The second-order valence-corrected chi connectivity index (χ2v) is 4.27. The molecule has 1 saturated heterocycles. The highest BCUT2D eigenvalue weighted by Gasteiger charge is 2.30. The van der Waals surface area contributed by atoms with Crippen molar-refractivity contribution in [1.29, 1.82) is 0 Å². The summed E-state index contributed by atoms with van der Waals surface area (Å²) in [7, 11) is 0. The van der Waals surface area contributed by atoms with Crippen molar-refractivity contribution in [3.05, 3.63) is 29.8 Å². The lowest BCUT2D eigenvalue weighted by Crippen LogP contribution is -2.51. The summed E-state index contributed by atoms with van der Waals surface area (Å²) in [4.78, 5) is 11.8. The normalized spacial score (nSPS) is 21.8.